The minimum Gasteiger partial charge on any atom is -0.506 e. The summed E-state index contributed by atoms with van der Waals surface area (Å²) in [7, 11) is 1.41. The van der Waals surface area contributed by atoms with Crippen LogP contribution < -0.4 is 9.47 Å². The van der Waals surface area contributed by atoms with Crippen molar-refractivity contribution in [2.45, 2.75) is 20.8 Å². The fourth-order valence-corrected chi connectivity index (χ4v) is 4.19. The summed E-state index contributed by atoms with van der Waals surface area (Å²) in [6.07, 6.45) is 0. The van der Waals surface area contributed by atoms with Crippen molar-refractivity contribution < 1.29 is 19.0 Å². The number of benzene rings is 2. The predicted octanol–water partition coefficient (Wildman–Crippen LogP) is 5.31. The molecule has 9 heteroatoms. The third kappa shape index (κ3) is 4.16. The first-order valence-corrected chi connectivity index (χ1v) is 11.2. The van der Waals surface area contributed by atoms with Crippen molar-refractivity contribution in [2.24, 2.45) is 0 Å². The zero-order chi connectivity index (χ0) is 23.7. The van der Waals surface area contributed by atoms with Gasteiger partial charge in [-0.2, -0.15) is 5.10 Å². The van der Waals surface area contributed by atoms with E-state index in [0.717, 1.165) is 13.1 Å². The minimum atomic E-state index is -0.581. The van der Waals surface area contributed by atoms with Crippen LogP contribution in [-0.4, -0.2) is 58.5 Å². The van der Waals surface area contributed by atoms with Gasteiger partial charge in [0.1, 0.15) is 12.4 Å². The number of hydrogen-bond donors (Lipinski definition) is 2. The lowest BCUT2D eigenvalue weighted by atomic mass is 9.99. The zero-order valence-electron chi connectivity index (χ0n) is 19.0. The number of pyridine rings is 1. The molecule has 174 valence electrons. The first-order valence-electron chi connectivity index (χ1n) is 10.8. The van der Waals surface area contributed by atoms with Crippen LogP contribution >= 0.6 is 11.6 Å². The number of fused-ring (bicyclic) bond motifs is 3. The fraction of sp³-hybridized carbons (Fsp3) is 0.333. The Morgan fingerprint density at radius 2 is 1.94 bits per heavy atom. The summed E-state index contributed by atoms with van der Waals surface area (Å²) < 4.78 is 27.4. The van der Waals surface area contributed by atoms with Crippen LogP contribution in [-0.2, 0) is 0 Å². The highest BCUT2D eigenvalue weighted by Crippen LogP contribution is 2.43. The Hall–Kier alpha value is -3.10. The minimum absolute atomic E-state index is 0.00969. The van der Waals surface area contributed by atoms with Crippen molar-refractivity contribution >= 4 is 33.4 Å². The molecule has 0 atom stereocenters. The number of aromatic nitrogens is 3. The molecule has 0 spiro atoms. The molecule has 0 amide bonds. The monoisotopic (exact) mass is 472 g/mol. The molecule has 0 fully saturated rings. The van der Waals surface area contributed by atoms with E-state index in [1.165, 1.54) is 13.2 Å². The number of aromatic hydroxyl groups is 1. The lowest BCUT2D eigenvalue weighted by molar-refractivity contribution is 0.216. The summed E-state index contributed by atoms with van der Waals surface area (Å²) in [5, 5.41) is 18.7. The number of hydrogen-bond acceptors (Lipinski definition) is 6. The molecule has 2 N–H and O–H groups in total. The molecule has 2 aromatic carbocycles. The number of halogens is 2. The van der Waals surface area contributed by atoms with Gasteiger partial charge in [-0.05, 0) is 44.3 Å². The Balaban J connectivity index is 1.94. The van der Waals surface area contributed by atoms with E-state index in [9.17, 15) is 5.11 Å². The number of ether oxygens (including phenoxy) is 2. The lowest BCUT2D eigenvalue weighted by Gasteiger charge is -2.20. The first-order chi connectivity index (χ1) is 15.9. The summed E-state index contributed by atoms with van der Waals surface area (Å²) in [4.78, 5) is 6.86. The number of aromatic amines is 1. The number of likely N-dealkylation sites (N-methyl/N-ethyl adjacent to an activating group) is 1. The molecule has 0 aliphatic carbocycles. The Bertz CT molecular complexity index is 1320. The van der Waals surface area contributed by atoms with Gasteiger partial charge in [-0.3, -0.25) is 5.10 Å². The van der Waals surface area contributed by atoms with Gasteiger partial charge in [0, 0.05) is 28.3 Å². The van der Waals surface area contributed by atoms with Gasteiger partial charge in [0.25, 0.3) is 0 Å². The largest absolute Gasteiger partial charge is 0.506 e. The molecule has 0 saturated heterocycles. The summed E-state index contributed by atoms with van der Waals surface area (Å²) in [6.45, 7) is 8.92. The van der Waals surface area contributed by atoms with Crippen molar-refractivity contribution in [2.75, 3.05) is 33.4 Å². The maximum absolute atomic E-state index is 16.0. The van der Waals surface area contributed by atoms with E-state index in [0.29, 0.717) is 52.3 Å². The van der Waals surface area contributed by atoms with E-state index in [2.05, 4.69) is 33.9 Å². The second-order valence-electron chi connectivity index (χ2n) is 7.68. The molecule has 0 bridgehead atoms. The van der Waals surface area contributed by atoms with Crippen LogP contribution in [0.15, 0.2) is 24.3 Å². The SMILES string of the molecule is CCN(CC)CCOc1cc2c(c(-c3ccc(O)c(Cl)c3)nc3[nH]nc(C)c32)c(F)c1OC. The van der Waals surface area contributed by atoms with E-state index in [1.807, 2.05) is 6.92 Å². The molecule has 0 saturated carbocycles. The van der Waals surface area contributed by atoms with Crippen LogP contribution in [0.2, 0.25) is 5.02 Å². The Labute approximate surface area is 196 Å². The number of nitrogens with one attached hydrogen (secondary N) is 1. The number of rotatable bonds is 8. The van der Waals surface area contributed by atoms with Crippen LogP contribution in [0.1, 0.15) is 19.5 Å². The topological polar surface area (TPSA) is 83.5 Å². The quantitative estimate of drug-likeness (QED) is 0.361. The van der Waals surface area contributed by atoms with Crippen LogP contribution in [0.3, 0.4) is 0 Å². The molecule has 33 heavy (non-hydrogen) atoms. The number of aryl methyl sites for hydroxylation is 1. The number of phenolic OH excluding ortho intramolecular Hbond substituents is 1. The number of phenols is 1. The zero-order valence-corrected chi connectivity index (χ0v) is 19.8. The normalized spacial score (nSPS) is 11.6. The van der Waals surface area contributed by atoms with E-state index in [1.54, 1.807) is 18.2 Å². The van der Waals surface area contributed by atoms with Crippen molar-refractivity contribution in [1.82, 2.24) is 20.1 Å². The molecule has 0 unspecified atom stereocenters. The smallest absolute Gasteiger partial charge is 0.197 e. The van der Waals surface area contributed by atoms with Crippen LogP contribution in [0.4, 0.5) is 4.39 Å². The van der Waals surface area contributed by atoms with Gasteiger partial charge in [0.05, 0.1) is 23.5 Å². The van der Waals surface area contributed by atoms with Gasteiger partial charge in [0.15, 0.2) is 23.0 Å². The van der Waals surface area contributed by atoms with Crippen molar-refractivity contribution in [1.29, 1.82) is 0 Å². The maximum atomic E-state index is 16.0. The van der Waals surface area contributed by atoms with Gasteiger partial charge in [-0.1, -0.05) is 25.4 Å². The number of nitrogens with zero attached hydrogens (tertiary/aromatic N) is 3. The number of methoxy groups -OCH3 is 1. The maximum Gasteiger partial charge on any atom is 0.197 e. The molecular formula is C24H26ClFN4O3. The Morgan fingerprint density at radius 3 is 2.61 bits per heavy atom. The molecule has 0 aliphatic heterocycles. The molecule has 0 aliphatic rings. The van der Waals surface area contributed by atoms with E-state index in [4.69, 9.17) is 21.1 Å². The van der Waals surface area contributed by atoms with E-state index < -0.39 is 5.82 Å². The summed E-state index contributed by atoms with van der Waals surface area (Å²) in [5.74, 6) is -0.319. The van der Waals surface area contributed by atoms with E-state index >= 15 is 4.39 Å². The second kappa shape index (κ2) is 9.41. The second-order valence-corrected chi connectivity index (χ2v) is 8.09. The first kappa shape index (κ1) is 23.1. The molecule has 4 rings (SSSR count). The van der Waals surface area contributed by atoms with Gasteiger partial charge >= 0.3 is 0 Å². The van der Waals surface area contributed by atoms with Gasteiger partial charge in [-0.15, -0.1) is 0 Å². The van der Waals surface area contributed by atoms with Crippen molar-refractivity contribution in [3.63, 3.8) is 0 Å². The predicted molar refractivity (Wildman–Crippen MR) is 128 cm³/mol. The van der Waals surface area contributed by atoms with Gasteiger partial charge in [0.2, 0.25) is 0 Å². The van der Waals surface area contributed by atoms with Crippen LogP contribution in [0.25, 0.3) is 33.1 Å². The summed E-state index contributed by atoms with van der Waals surface area (Å²) >= 11 is 6.13. The molecule has 4 aromatic rings. The lowest BCUT2D eigenvalue weighted by Crippen LogP contribution is -2.28. The highest BCUT2D eigenvalue weighted by atomic mass is 35.5. The third-order valence-electron chi connectivity index (χ3n) is 5.83. The van der Waals surface area contributed by atoms with Gasteiger partial charge < -0.3 is 19.5 Å². The molecular weight excluding hydrogens is 447 g/mol. The average molecular weight is 473 g/mol. The summed E-state index contributed by atoms with van der Waals surface area (Å²) in [6, 6.07) is 6.41. The van der Waals surface area contributed by atoms with Crippen molar-refractivity contribution in [3.8, 4) is 28.5 Å². The molecule has 7 nitrogen and oxygen atoms in total. The van der Waals surface area contributed by atoms with Crippen LogP contribution in [0.5, 0.6) is 17.2 Å². The Morgan fingerprint density at radius 1 is 1.18 bits per heavy atom. The van der Waals surface area contributed by atoms with E-state index in [-0.39, 0.29) is 21.9 Å². The van der Waals surface area contributed by atoms with Crippen LogP contribution in [0, 0.1) is 12.7 Å². The summed E-state index contributed by atoms with van der Waals surface area (Å²) in [5.41, 5.74) is 2.11. The highest BCUT2D eigenvalue weighted by Gasteiger charge is 2.24. The van der Waals surface area contributed by atoms with Gasteiger partial charge in [-0.25, -0.2) is 9.37 Å². The molecule has 0 radical (unpaired) electrons. The molecule has 2 aromatic heterocycles. The fourth-order valence-electron chi connectivity index (χ4n) is 4.01. The average Bonchev–Trinajstić information content (AvgIpc) is 3.19. The Kier molecular flexibility index (Phi) is 6.58. The highest BCUT2D eigenvalue weighted by molar-refractivity contribution is 6.32. The third-order valence-corrected chi connectivity index (χ3v) is 6.13. The standard InChI is InChI=1S/C24H26ClFN4O3/c1-5-30(6-2)9-10-33-18-12-15-19-13(3)28-29-24(19)27-22(20(15)21(26)23(18)32-4)14-7-8-17(31)16(25)11-14/h7-8,11-12,31H,5-6,9-10H2,1-4H3,(H,27,28,29). The number of H-pyrrole nitrogens is 1. The van der Waals surface area contributed by atoms with Crippen molar-refractivity contribution in [3.05, 3.63) is 40.8 Å². The molecule has 2 heterocycles.